The number of hydrogen-bond donors (Lipinski definition) is 2. The van der Waals surface area contributed by atoms with Crippen molar-refractivity contribution in [1.29, 1.82) is 0 Å². The topological polar surface area (TPSA) is 102 Å². The van der Waals surface area contributed by atoms with Crippen LogP contribution in [0.15, 0.2) is 58.9 Å². The van der Waals surface area contributed by atoms with Crippen molar-refractivity contribution < 1.29 is 19.1 Å². The number of benzene rings is 2. The lowest BCUT2D eigenvalue weighted by Crippen LogP contribution is -2.14. The van der Waals surface area contributed by atoms with E-state index in [1.54, 1.807) is 31.4 Å². The van der Waals surface area contributed by atoms with Gasteiger partial charge in [-0.2, -0.15) is 0 Å². The summed E-state index contributed by atoms with van der Waals surface area (Å²) in [6.07, 6.45) is 3.14. The van der Waals surface area contributed by atoms with Crippen molar-refractivity contribution in [2.45, 2.75) is 4.34 Å². The monoisotopic (exact) mass is 456 g/mol. The lowest BCUT2D eigenvalue weighted by Gasteiger charge is -2.11. The van der Waals surface area contributed by atoms with E-state index in [-0.39, 0.29) is 17.6 Å². The van der Waals surface area contributed by atoms with Crippen LogP contribution >= 0.6 is 23.1 Å². The quantitative estimate of drug-likeness (QED) is 0.286. The maximum atomic E-state index is 12.3. The fourth-order valence-electron chi connectivity index (χ4n) is 2.43. The molecule has 0 aliphatic heterocycles. The van der Waals surface area contributed by atoms with Crippen molar-refractivity contribution in [3.63, 3.8) is 0 Å². The molecule has 1 heterocycles. The minimum atomic E-state index is -0.306. The summed E-state index contributed by atoms with van der Waals surface area (Å²) in [6, 6.07) is 14.6. The van der Waals surface area contributed by atoms with Crippen LogP contribution in [0.3, 0.4) is 0 Å². The molecule has 0 spiro atoms. The molecule has 0 aliphatic rings. The fraction of sp³-hybridized carbons (Fsp3) is 0.143. The fourth-order valence-corrected chi connectivity index (χ4v) is 3.98. The highest BCUT2D eigenvalue weighted by molar-refractivity contribution is 8.01. The first-order valence-electron chi connectivity index (χ1n) is 9.09. The van der Waals surface area contributed by atoms with Crippen LogP contribution in [0.5, 0.6) is 11.5 Å². The molecule has 2 N–H and O–H groups in total. The third kappa shape index (κ3) is 6.83. The van der Waals surface area contributed by atoms with Crippen molar-refractivity contribution in [1.82, 2.24) is 10.2 Å². The molecule has 3 rings (SSSR count). The maximum absolute atomic E-state index is 12.3. The first-order valence-corrected chi connectivity index (χ1v) is 10.9. The van der Waals surface area contributed by atoms with Gasteiger partial charge in [-0.25, -0.2) is 0 Å². The van der Waals surface area contributed by atoms with Gasteiger partial charge in [0.25, 0.3) is 0 Å². The number of nitrogens with zero attached hydrogens (tertiary/aromatic N) is 2. The van der Waals surface area contributed by atoms with E-state index in [0.29, 0.717) is 26.7 Å². The van der Waals surface area contributed by atoms with Gasteiger partial charge < -0.3 is 14.8 Å². The van der Waals surface area contributed by atoms with Gasteiger partial charge in [0.2, 0.25) is 16.9 Å². The van der Waals surface area contributed by atoms with Gasteiger partial charge in [0.1, 0.15) is 11.5 Å². The molecule has 0 aliphatic carbocycles. The molecule has 0 fully saturated rings. The predicted octanol–water partition coefficient (Wildman–Crippen LogP) is 3.94. The Morgan fingerprint density at radius 1 is 1.06 bits per heavy atom. The van der Waals surface area contributed by atoms with Crippen LogP contribution in [-0.2, 0) is 9.59 Å². The standard InChI is InChI=1S/C21H20N4O4S2/c1-28-15-9-10-17(29-2)16(12-15)22-19(27)13-30-21-25-24-20(31-21)23-18(26)11-8-14-6-4-3-5-7-14/h3-12H,13H2,1-2H3,(H,22,27)(H,23,24,26). The minimum absolute atomic E-state index is 0.122. The van der Waals surface area contributed by atoms with Gasteiger partial charge in [-0.1, -0.05) is 53.4 Å². The number of methoxy groups -OCH3 is 2. The van der Waals surface area contributed by atoms with E-state index in [9.17, 15) is 9.59 Å². The second kappa shape index (κ2) is 11.1. The lowest BCUT2D eigenvalue weighted by molar-refractivity contribution is -0.114. The smallest absolute Gasteiger partial charge is 0.250 e. The van der Waals surface area contributed by atoms with Crippen LogP contribution in [0.25, 0.3) is 6.08 Å². The zero-order valence-electron chi connectivity index (χ0n) is 16.8. The van der Waals surface area contributed by atoms with Crippen molar-refractivity contribution >= 4 is 51.8 Å². The first-order chi connectivity index (χ1) is 15.1. The molecular weight excluding hydrogens is 436 g/mol. The average Bonchev–Trinajstić information content (AvgIpc) is 3.24. The molecule has 8 nitrogen and oxygen atoms in total. The molecule has 0 unspecified atom stereocenters. The molecule has 10 heteroatoms. The highest BCUT2D eigenvalue weighted by Crippen LogP contribution is 2.30. The number of rotatable bonds is 9. The molecule has 0 atom stereocenters. The Kier molecular flexibility index (Phi) is 8.02. The normalized spacial score (nSPS) is 10.6. The second-order valence-corrected chi connectivity index (χ2v) is 8.21. The summed E-state index contributed by atoms with van der Waals surface area (Å²) in [4.78, 5) is 24.3. The number of ether oxygens (including phenoxy) is 2. The van der Waals surface area contributed by atoms with E-state index >= 15 is 0 Å². The zero-order valence-corrected chi connectivity index (χ0v) is 18.5. The Morgan fingerprint density at radius 2 is 1.87 bits per heavy atom. The SMILES string of the molecule is COc1ccc(OC)c(NC(=O)CSc2nnc(NC(=O)C=Cc3ccccc3)s2)c1. The summed E-state index contributed by atoms with van der Waals surface area (Å²) in [7, 11) is 3.07. The molecule has 0 saturated heterocycles. The number of nitrogens with one attached hydrogen (secondary N) is 2. The van der Waals surface area contributed by atoms with Crippen LogP contribution in [0.4, 0.5) is 10.8 Å². The Bertz CT molecular complexity index is 1070. The summed E-state index contributed by atoms with van der Waals surface area (Å²) in [5.74, 6) is 0.720. The summed E-state index contributed by atoms with van der Waals surface area (Å²) >= 11 is 2.42. The first kappa shape index (κ1) is 22.3. The van der Waals surface area contributed by atoms with Crippen LogP contribution in [-0.4, -0.2) is 42.0 Å². The number of anilines is 2. The number of aromatic nitrogens is 2. The van der Waals surface area contributed by atoms with Crippen molar-refractivity contribution in [3.05, 3.63) is 60.2 Å². The van der Waals surface area contributed by atoms with E-state index in [0.717, 1.165) is 5.56 Å². The second-order valence-electron chi connectivity index (χ2n) is 6.01. The summed E-state index contributed by atoms with van der Waals surface area (Å²) in [5, 5.41) is 13.7. The summed E-state index contributed by atoms with van der Waals surface area (Å²) in [5.41, 5.74) is 1.44. The number of carbonyl (C=O) groups is 2. The molecule has 31 heavy (non-hydrogen) atoms. The molecule has 3 aromatic rings. The summed E-state index contributed by atoms with van der Waals surface area (Å²) in [6.45, 7) is 0. The highest BCUT2D eigenvalue weighted by atomic mass is 32.2. The minimum Gasteiger partial charge on any atom is -0.497 e. The van der Waals surface area contributed by atoms with Gasteiger partial charge in [-0.05, 0) is 23.8 Å². The van der Waals surface area contributed by atoms with Crippen LogP contribution in [0.1, 0.15) is 5.56 Å². The molecule has 1 aromatic heterocycles. The zero-order chi connectivity index (χ0) is 22.1. The molecule has 0 saturated carbocycles. The largest absolute Gasteiger partial charge is 0.497 e. The van der Waals surface area contributed by atoms with E-state index in [4.69, 9.17) is 9.47 Å². The maximum Gasteiger partial charge on any atom is 0.250 e. The van der Waals surface area contributed by atoms with Gasteiger partial charge in [0.05, 0.1) is 25.7 Å². The van der Waals surface area contributed by atoms with Gasteiger partial charge in [-0.15, -0.1) is 10.2 Å². The molecule has 2 aromatic carbocycles. The third-order valence-corrected chi connectivity index (χ3v) is 5.84. The predicted molar refractivity (Wildman–Crippen MR) is 123 cm³/mol. The van der Waals surface area contributed by atoms with E-state index < -0.39 is 0 Å². The Labute approximate surface area is 187 Å². The third-order valence-electron chi connectivity index (χ3n) is 3.87. The molecular formula is C21H20N4O4S2. The van der Waals surface area contributed by atoms with Gasteiger partial charge >= 0.3 is 0 Å². The Hall–Kier alpha value is -3.37. The van der Waals surface area contributed by atoms with Crippen molar-refractivity contribution in [3.8, 4) is 11.5 Å². The van der Waals surface area contributed by atoms with Crippen LogP contribution in [0.2, 0.25) is 0 Å². The van der Waals surface area contributed by atoms with Gasteiger partial charge in [0, 0.05) is 12.1 Å². The van der Waals surface area contributed by atoms with Crippen LogP contribution < -0.4 is 20.1 Å². The lowest BCUT2D eigenvalue weighted by atomic mass is 10.2. The number of amides is 2. The average molecular weight is 457 g/mol. The number of carbonyl (C=O) groups excluding carboxylic acids is 2. The highest BCUT2D eigenvalue weighted by Gasteiger charge is 2.12. The molecule has 160 valence electrons. The molecule has 0 bridgehead atoms. The Balaban J connectivity index is 1.50. The molecule has 2 amide bonds. The Morgan fingerprint density at radius 3 is 2.61 bits per heavy atom. The van der Waals surface area contributed by atoms with Gasteiger partial charge in [0.15, 0.2) is 4.34 Å². The van der Waals surface area contributed by atoms with Crippen LogP contribution in [0, 0.1) is 0 Å². The molecule has 0 radical (unpaired) electrons. The number of hydrogen-bond acceptors (Lipinski definition) is 8. The van der Waals surface area contributed by atoms with E-state index in [1.165, 1.54) is 36.3 Å². The van der Waals surface area contributed by atoms with E-state index in [2.05, 4.69) is 20.8 Å². The van der Waals surface area contributed by atoms with Gasteiger partial charge in [-0.3, -0.25) is 14.9 Å². The van der Waals surface area contributed by atoms with Crippen molar-refractivity contribution in [2.24, 2.45) is 0 Å². The van der Waals surface area contributed by atoms with E-state index in [1.807, 2.05) is 30.3 Å². The summed E-state index contributed by atoms with van der Waals surface area (Å²) < 4.78 is 11.0. The van der Waals surface area contributed by atoms with Crippen molar-refractivity contribution in [2.75, 3.05) is 30.6 Å². The number of thioether (sulfide) groups is 1.